The molecule has 1 aromatic rings. The van der Waals surface area contributed by atoms with Crippen LogP contribution in [0, 0.1) is 0 Å². The molecular formula is C13H18N2O2. The molecule has 4 heteroatoms. The Hall–Kier alpha value is -1.84. The van der Waals surface area contributed by atoms with E-state index in [1.54, 1.807) is 12.1 Å². The van der Waals surface area contributed by atoms with Gasteiger partial charge in [0.15, 0.2) is 6.29 Å². The molecule has 0 atom stereocenters. The van der Waals surface area contributed by atoms with Crippen LogP contribution in [0.25, 0.3) is 0 Å². The molecule has 0 aromatic heterocycles. The molecule has 1 rings (SSSR count). The van der Waals surface area contributed by atoms with Crippen molar-refractivity contribution >= 4 is 17.9 Å². The van der Waals surface area contributed by atoms with Crippen LogP contribution in [-0.2, 0) is 4.79 Å². The summed E-state index contributed by atoms with van der Waals surface area (Å²) in [5.41, 5.74) is 6.59. The maximum atomic E-state index is 11.0. The number of hydrogen-bond donors (Lipinski definition) is 1. The van der Waals surface area contributed by atoms with Gasteiger partial charge in [0.2, 0.25) is 5.91 Å². The molecule has 0 bridgehead atoms. The van der Waals surface area contributed by atoms with Crippen LogP contribution >= 0.6 is 0 Å². The van der Waals surface area contributed by atoms with E-state index in [2.05, 4.69) is 6.92 Å². The highest BCUT2D eigenvalue weighted by Crippen LogP contribution is 2.19. The van der Waals surface area contributed by atoms with E-state index in [-0.39, 0.29) is 12.5 Å². The lowest BCUT2D eigenvalue weighted by Gasteiger charge is -2.24. The molecule has 0 radical (unpaired) electrons. The number of nitrogens with two attached hydrogens (primary N) is 1. The molecular weight excluding hydrogens is 216 g/mol. The molecule has 0 fully saturated rings. The van der Waals surface area contributed by atoms with Crippen LogP contribution in [0.3, 0.4) is 0 Å². The van der Waals surface area contributed by atoms with Gasteiger partial charge in [0.05, 0.1) is 6.54 Å². The smallest absolute Gasteiger partial charge is 0.236 e. The first-order chi connectivity index (χ1) is 8.19. The zero-order valence-corrected chi connectivity index (χ0v) is 10.1. The Kier molecular flexibility index (Phi) is 5.20. The van der Waals surface area contributed by atoms with Crippen LogP contribution < -0.4 is 10.6 Å². The van der Waals surface area contributed by atoms with Crippen LogP contribution in [0.15, 0.2) is 24.3 Å². The van der Waals surface area contributed by atoms with Crippen molar-refractivity contribution in [1.82, 2.24) is 0 Å². The van der Waals surface area contributed by atoms with Crippen LogP contribution in [0.4, 0.5) is 5.69 Å². The summed E-state index contributed by atoms with van der Waals surface area (Å²) in [6.45, 7) is 2.95. The van der Waals surface area contributed by atoms with E-state index in [0.29, 0.717) is 5.56 Å². The summed E-state index contributed by atoms with van der Waals surface area (Å²) in [6.07, 6.45) is 2.79. The molecule has 0 heterocycles. The summed E-state index contributed by atoms with van der Waals surface area (Å²) in [6, 6.07) is 7.22. The number of anilines is 1. The second-order valence-corrected chi connectivity index (χ2v) is 3.92. The molecule has 2 N–H and O–H groups in total. The number of hydrogen-bond acceptors (Lipinski definition) is 3. The molecule has 17 heavy (non-hydrogen) atoms. The average molecular weight is 234 g/mol. The van der Waals surface area contributed by atoms with E-state index in [9.17, 15) is 9.59 Å². The number of amides is 1. The molecule has 0 unspecified atom stereocenters. The van der Waals surface area contributed by atoms with Gasteiger partial charge in [-0.3, -0.25) is 9.59 Å². The van der Waals surface area contributed by atoms with Gasteiger partial charge in [0.25, 0.3) is 0 Å². The Balaban J connectivity index is 2.93. The molecule has 1 amide bonds. The summed E-state index contributed by atoms with van der Waals surface area (Å²) in [5.74, 6) is -0.387. The fraction of sp³-hybridized carbons (Fsp3) is 0.385. The number of primary amides is 1. The highest BCUT2D eigenvalue weighted by molar-refractivity contribution is 5.87. The van der Waals surface area contributed by atoms with Crippen molar-refractivity contribution in [3.63, 3.8) is 0 Å². The fourth-order valence-corrected chi connectivity index (χ4v) is 1.70. The molecule has 92 valence electrons. The SMILES string of the molecule is CCCCN(CC(N)=O)c1ccccc1C=O. The first kappa shape index (κ1) is 13.2. The predicted molar refractivity (Wildman–Crippen MR) is 68.1 cm³/mol. The lowest BCUT2D eigenvalue weighted by atomic mass is 10.1. The Morgan fingerprint density at radius 1 is 1.41 bits per heavy atom. The first-order valence-corrected chi connectivity index (χ1v) is 5.76. The van der Waals surface area contributed by atoms with Crippen molar-refractivity contribution in [3.05, 3.63) is 29.8 Å². The largest absolute Gasteiger partial charge is 0.368 e. The molecule has 1 aromatic carbocycles. The van der Waals surface area contributed by atoms with Crippen molar-refractivity contribution in [3.8, 4) is 0 Å². The molecule has 0 aliphatic heterocycles. The molecule has 0 aliphatic carbocycles. The minimum atomic E-state index is -0.387. The monoisotopic (exact) mass is 234 g/mol. The van der Waals surface area contributed by atoms with E-state index >= 15 is 0 Å². The molecule has 0 spiro atoms. The Morgan fingerprint density at radius 3 is 2.71 bits per heavy atom. The number of aldehydes is 1. The van der Waals surface area contributed by atoms with Crippen molar-refractivity contribution in [2.24, 2.45) is 5.73 Å². The molecule has 0 saturated carbocycles. The van der Waals surface area contributed by atoms with Crippen molar-refractivity contribution in [2.45, 2.75) is 19.8 Å². The van der Waals surface area contributed by atoms with Gasteiger partial charge in [-0.1, -0.05) is 25.5 Å². The Labute approximate surface area is 101 Å². The second kappa shape index (κ2) is 6.68. The van der Waals surface area contributed by atoms with Crippen molar-refractivity contribution < 1.29 is 9.59 Å². The molecule has 4 nitrogen and oxygen atoms in total. The number of benzene rings is 1. The van der Waals surface area contributed by atoms with Gasteiger partial charge in [0, 0.05) is 17.8 Å². The van der Waals surface area contributed by atoms with Gasteiger partial charge in [-0.05, 0) is 18.6 Å². The summed E-state index contributed by atoms with van der Waals surface area (Å²) < 4.78 is 0. The number of carbonyl (C=O) groups is 2. The molecule has 0 aliphatic rings. The third kappa shape index (κ3) is 3.90. The number of nitrogens with zero attached hydrogens (tertiary/aromatic N) is 1. The van der Waals surface area contributed by atoms with Gasteiger partial charge in [-0.15, -0.1) is 0 Å². The maximum Gasteiger partial charge on any atom is 0.236 e. The molecule has 0 saturated heterocycles. The van der Waals surface area contributed by atoms with Gasteiger partial charge in [0.1, 0.15) is 0 Å². The van der Waals surface area contributed by atoms with Crippen molar-refractivity contribution in [2.75, 3.05) is 18.0 Å². The van der Waals surface area contributed by atoms with Crippen molar-refractivity contribution in [1.29, 1.82) is 0 Å². The predicted octanol–water partition coefficient (Wildman–Crippen LogP) is 1.59. The highest BCUT2D eigenvalue weighted by Gasteiger charge is 2.12. The zero-order valence-electron chi connectivity index (χ0n) is 10.1. The first-order valence-electron chi connectivity index (χ1n) is 5.76. The number of carbonyl (C=O) groups excluding carboxylic acids is 2. The number of rotatable bonds is 7. The van der Waals surface area contributed by atoms with Gasteiger partial charge in [-0.2, -0.15) is 0 Å². The van der Waals surface area contributed by atoms with E-state index in [1.165, 1.54) is 0 Å². The third-order valence-corrected chi connectivity index (χ3v) is 2.53. The number of para-hydroxylation sites is 1. The standard InChI is InChI=1S/C13H18N2O2/c1-2-3-8-15(9-13(14)17)12-7-5-4-6-11(12)10-16/h4-7,10H,2-3,8-9H2,1H3,(H2,14,17). The van der Waals surface area contributed by atoms with Crippen LogP contribution in [0.5, 0.6) is 0 Å². The van der Waals surface area contributed by atoms with E-state index in [4.69, 9.17) is 5.73 Å². The Bertz CT molecular complexity index is 391. The highest BCUT2D eigenvalue weighted by atomic mass is 16.1. The van der Waals surface area contributed by atoms with Gasteiger partial charge < -0.3 is 10.6 Å². The minimum Gasteiger partial charge on any atom is -0.368 e. The summed E-state index contributed by atoms with van der Waals surface area (Å²) >= 11 is 0. The summed E-state index contributed by atoms with van der Waals surface area (Å²) in [5, 5.41) is 0. The van der Waals surface area contributed by atoms with Crippen LogP contribution in [-0.4, -0.2) is 25.3 Å². The van der Waals surface area contributed by atoms with E-state index in [0.717, 1.165) is 31.4 Å². The topological polar surface area (TPSA) is 63.4 Å². The van der Waals surface area contributed by atoms with E-state index < -0.39 is 0 Å². The quantitative estimate of drug-likeness (QED) is 0.729. The third-order valence-electron chi connectivity index (χ3n) is 2.53. The van der Waals surface area contributed by atoms with E-state index in [1.807, 2.05) is 17.0 Å². The van der Waals surface area contributed by atoms with Crippen LogP contribution in [0.2, 0.25) is 0 Å². The average Bonchev–Trinajstić information content (AvgIpc) is 2.34. The maximum absolute atomic E-state index is 11.0. The number of unbranched alkanes of at least 4 members (excludes halogenated alkanes) is 1. The summed E-state index contributed by atoms with van der Waals surface area (Å²) in [4.78, 5) is 23.8. The fourth-order valence-electron chi connectivity index (χ4n) is 1.70. The van der Waals surface area contributed by atoms with Crippen LogP contribution in [0.1, 0.15) is 30.1 Å². The minimum absolute atomic E-state index is 0.144. The Morgan fingerprint density at radius 2 is 2.12 bits per heavy atom. The summed E-state index contributed by atoms with van der Waals surface area (Å²) in [7, 11) is 0. The lowest BCUT2D eigenvalue weighted by Crippen LogP contribution is -2.35. The second-order valence-electron chi connectivity index (χ2n) is 3.92. The normalized spacial score (nSPS) is 9.94. The van der Waals surface area contributed by atoms with Gasteiger partial charge >= 0.3 is 0 Å². The lowest BCUT2D eigenvalue weighted by molar-refractivity contribution is -0.116. The van der Waals surface area contributed by atoms with Gasteiger partial charge in [-0.25, -0.2) is 0 Å². The zero-order chi connectivity index (χ0) is 12.7.